The molecule has 0 saturated heterocycles. The molecule has 3 rings (SSSR count). The summed E-state index contributed by atoms with van der Waals surface area (Å²) in [5.41, 5.74) is 2.08. The van der Waals surface area contributed by atoms with E-state index in [9.17, 15) is 4.79 Å². The van der Waals surface area contributed by atoms with Gasteiger partial charge in [0.2, 0.25) is 0 Å². The Balaban J connectivity index is 1.56. The third kappa shape index (κ3) is 5.99. The first kappa shape index (κ1) is 21.2. The summed E-state index contributed by atoms with van der Waals surface area (Å²) in [6, 6.07) is 15.6. The van der Waals surface area contributed by atoms with E-state index in [0.717, 1.165) is 24.3 Å². The summed E-state index contributed by atoms with van der Waals surface area (Å²) < 4.78 is 11.9. The van der Waals surface area contributed by atoms with Gasteiger partial charge in [0.15, 0.2) is 6.10 Å². The van der Waals surface area contributed by atoms with E-state index in [1.807, 2.05) is 43.3 Å². The summed E-state index contributed by atoms with van der Waals surface area (Å²) in [6.07, 6.45) is 5.14. The maximum atomic E-state index is 12.7. The molecule has 0 radical (unpaired) electrons. The van der Waals surface area contributed by atoms with Crippen LogP contribution in [0.2, 0.25) is 0 Å². The van der Waals surface area contributed by atoms with E-state index in [1.165, 1.54) is 18.4 Å². The molecule has 29 heavy (non-hydrogen) atoms. The van der Waals surface area contributed by atoms with E-state index < -0.39 is 6.10 Å². The lowest BCUT2D eigenvalue weighted by molar-refractivity contribution is -0.122. The Labute approximate surface area is 174 Å². The van der Waals surface area contributed by atoms with Gasteiger partial charge < -0.3 is 14.8 Å². The maximum absolute atomic E-state index is 12.7. The fourth-order valence-electron chi connectivity index (χ4n) is 3.56. The minimum atomic E-state index is -0.537. The second kappa shape index (κ2) is 9.34. The molecule has 156 valence electrons. The normalized spacial score (nSPS) is 15.7. The van der Waals surface area contributed by atoms with Crippen LogP contribution in [0.15, 0.2) is 48.5 Å². The van der Waals surface area contributed by atoms with Crippen molar-refractivity contribution < 1.29 is 14.3 Å². The van der Waals surface area contributed by atoms with E-state index in [2.05, 4.69) is 38.2 Å². The van der Waals surface area contributed by atoms with Gasteiger partial charge in [-0.15, -0.1) is 0 Å². The zero-order valence-electron chi connectivity index (χ0n) is 18.0. The molecule has 1 fully saturated rings. The van der Waals surface area contributed by atoms with Gasteiger partial charge in [-0.05, 0) is 79.5 Å². The van der Waals surface area contributed by atoms with Crippen molar-refractivity contribution in [3.8, 4) is 11.5 Å². The van der Waals surface area contributed by atoms with Gasteiger partial charge >= 0.3 is 0 Å². The van der Waals surface area contributed by atoms with Crippen molar-refractivity contribution in [1.29, 1.82) is 0 Å². The number of hydrogen-bond donors (Lipinski definition) is 1. The molecule has 1 saturated carbocycles. The number of amides is 1. The number of carbonyl (C=O) groups excluding carboxylic acids is 1. The van der Waals surface area contributed by atoms with Crippen molar-refractivity contribution in [2.75, 3.05) is 5.32 Å². The highest BCUT2D eigenvalue weighted by atomic mass is 16.5. The second-order valence-electron chi connectivity index (χ2n) is 8.83. The third-order valence-electron chi connectivity index (χ3n) is 5.39. The van der Waals surface area contributed by atoms with E-state index in [-0.39, 0.29) is 11.3 Å². The summed E-state index contributed by atoms with van der Waals surface area (Å²) in [5, 5.41) is 2.95. The summed E-state index contributed by atoms with van der Waals surface area (Å²) in [7, 11) is 0. The average molecular weight is 396 g/mol. The molecule has 0 spiro atoms. The first-order valence-electron chi connectivity index (χ1n) is 10.7. The van der Waals surface area contributed by atoms with Crippen LogP contribution in [0.3, 0.4) is 0 Å². The molecule has 0 heterocycles. The number of hydrogen-bond acceptors (Lipinski definition) is 3. The first-order valence-corrected chi connectivity index (χ1v) is 10.7. The zero-order valence-corrected chi connectivity index (χ0v) is 18.0. The molecule has 4 nitrogen and oxygen atoms in total. The number of nitrogens with one attached hydrogen (secondary N) is 1. The lowest BCUT2D eigenvalue weighted by Gasteiger charge is -2.21. The molecule has 1 aliphatic carbocycles. The van der Waals surface area contributed by atoms with E-state index in [4.69, 9.17) is 9.47 Å². The Kier molecular flexibility index (Phi) is 6.83. The minimum Gasteiger partial charge on any atom is -0.490 e. The molecule has 2 aromatic carbocycles. The fourth-order valence-corrected chi connectivity index (χ4v) is 3.56. The molecular weight excluding hydrogens is 362 g/mol. The largest absolute Gasteiger partial charge is 0.490 e. The van der Waals surface area contributed by atoms with Gasteiger partial charge in [-0.3, -0.25) is 4.79 Å². The lowest BCUT2D eigenvalue weighted by Crippen LogP contribution is -2.32. The van der Waals surface area contributed by atoms with Gasteiger partial charge in [0, 0.05) is 5.69 Å². The Morgan fingerprint density at radius 1 is 1.00 bits per heavy atom. The zero-order chi connectivity index (χ0) is 20.9. The predicted octanol–water partition coefficient (Wildman–Crippen LogP) is 6.10. The summed E-state index contributed by atoms with van der Waals surface area (Å²) >= 11 is 0. The molecule has 0 bridgehead atoms. The highest BCUT2D eigenvalue weighted by Gasteiger charge is 2.20. The monoisotopic (exact) mass is 395 g/mol. The number of benzene rings is 2. The Morgan fingerprint density at radius 3 is 2.14 bits per heavy atom. The van der Waals surface area contributed by atoms with Crippen molar-refractivity contribution in [3.63, 3.8) is 0 Å². The molecule has 0 unspecified atom stereocenters. The van der Waals surface area contributed by atoms with Gasteiger partial charge in [0.05, 0.1) is 6.10 Å². The first-order chi connectivity index (χ1) is 13.8. The predicted molar refractivity (Wildman–Crippen MR) is 118 cm³/mol. The van der Waals surface area contributed by atoms with Crippen LogP contribution in [-0.2, 0) is 10.2 Å². The Bertz CT molecular complexity index is 784. The third-order valence-corrected chi connectivity index (χ3v) is 5.39. The Morgan fingerprint density at radius 2 is 1.59 bits per heavy atom. The van der Waals surface area contributed by atoms with Crippen LogP contribution in [0, 0.1) is 0 Å². The van der Waals surface area contributed by atoms with Crippen molar-refractivity contribution >= 4 is 11.6 Å². The molecule has 0 aliphatic heterocycles. The van der Waals surface area contributed by atoms with Crippen LogP contribution in [0.5, 0.6) is 11.5 Å². The highest BCUT2D eigenvalue weighted by Crippen LogP contribution is 2.26. The van der Waals surface area contributed by atoms with Crippen LogP contribution in [0.4, 0.5) is 5.69 Å². The maximum Gasteiger partial charge on any atom is 0.265 e. The van der Waals surface area contributed by atoms with Gasteiger partial charge in [-0.2, -0.15) is 0 Å². The molecule has 2 aromatic rings. The SMILES string of the molecule is CC[C@@H](Oc1ccc(C(C)(C)C)cc1)C(=O)Nc1ccc(OC2CCCC2)cc1. The van der Waals surface area contributed by atoms with E-state index in [0.29, 0.717) is 18.3 Å². The topological polar surface area (TPSA) is 47.6 Å². The van der Waals surface area contributed by atoms with Gasteiger partial charge in [-0.25, -0.2) is 0 Å². The van der Waals surface area contributed by atoms with Crippen LogP contribution in [0.1, 0.15) is 65.4 Å². The molecule has 1 amide bonds. The Hall–Kier alpha value is -2.49. The van der Waals surface area contributed by atoms with Crippen molar-refractivity contribution in [3.05, 3.63) is 54.1 Å². The van der Waals surface area contributed by atoms with Gasteiger partial charge in [-0.1, -0.05) is 39.8 Å². The quantitative estimate of drug-likeness (QED) is 0.616. The van der Waals surface area contributed by atoms with Crippen LogP contribution < -0.4 is 14.8 Å². The molecule has 4 heteroatoms. The number of rotatable bonds is 7. The van der Waals surface area contributed by atoms with Gasteiger partial charge in [0.1, 0.15) is 11.5 Å². The minimum absolute atomic E-state index is 0.0910. The fraction of sp³-hybridized carbons (Fsp3) is 0.480. The smallest absolute Gasteiger partial charge is 0.265 e. The van der Waals surface area contributed by atoms with Crippen LogP contribution >= 0.6 is 0 Å². The highest BCUT2D eigenvalue weighted by molar-refractivity contribution is 5.94. The lowest BCUT2D eigenvalue weighted by atomic mass is 9.87. The number of ether oxygens (including phenoxy) is 2. The summed E-state index contributed by atoms with van der Waals surface area (Å²) in [4.78, 5) is 12.7. The summed E-state index contributed by atoms with van der Waals surface area (Å²) in [6.45, 7) is 8.48. The van der Waals surface area contributed by atoms with Crippen LogP contribution in [0.25, 0.3) is 0 Å². The average Bonchev–Trinajstić information content (AvgIpc) is 3.20. The van der Waals surface area contributed by atoms with Gasteiger partial charge in [0.25, 0.3) is 5.91 Å². The van der Waals surface area contributed by atoms with E-state index >= 15 is 0 Å². The van der Waals surface area contributed by atoms with Crippen molar-refractivity contribution in [2.45, 2.75) is 77.4 Å². The van der Waals surface area contributed by atoms with Crippen molar-refractivity contribution in [1.82, 2.24) is 0 Å². The van der Waals surface area contributed by atoms with E-state index in [1.54, 1.807) is 0 Å². The summed E-state index contributed by atoms with van der Waals surface area (Å²) in [5.74, 6) is 1.43. The van der Waals surface area contributed by atoms with Crippen molar-refractivity contribution in [2.24, 2.45) is 0 Å². The number of carbonyl (C=O) groups is 1. The standard InChI is InChI=1S/C25H33NO3/c1-5-23(29-22-14-10-18(11-15-22)25(2,3)4)24(27)26-19-12-16-21(17-13-19)28-20-8-6-7-9-20/h10-17,20,23H,5-9H2,1-4H3,(H,26,27)/t23-/m1/s1. The molecule has 0 aromatic heterocycles. The second-order valence-corrected chi connectivity index (χ2v) is 8.83. The molecular formula is C25H33NO3. The van der Waals surface area contributed by atoms with Crippen LogP contribution in [-0.4, -0.2) is 18.1 Å². The molecule has 1 N–H and O–H groups in total. The molecule has 1 atom stereocenters. The number of anilines is 1. The molecule has 1 aliphatic rings.